The van der Waals surface area contributed by atoms with E-state index >= 15 is 0 Å². The lowest BCUT2D eigenvalue weighted by molar-refractivity contribution is -0.119. The Morgan fingerprint density at radius 1 is 1.55 bits per heavy atom. The Kier molecular flexibility index (Phi) is 3.16. The number of hydrogen-bond donors (Lipinski definition) is 0. The Morgan fingerprint density at radius 2 is 2.27 bits per heavy atom. The van der Waals surface area contributed by atoms with Crippen molar-refractivity contribution in [2.75, 3.05) is 0 Å². The van der Waals surface area contributed by atoms with Crippen molar-refractivity contribution in [3.05, 3.63) is 0 Å². The van der Waals surface area contributed by atoms with Crippen molar-refractivity contribution in [3.63, 3.8) is 0 Å². The maximum absolute atomic E-state index is 11.1. The quantitative estimate of drug-likeness (QED) is 0.563. The van der Waals surface area contributed by atoms with Gasteiger partial charge < -0.3 is 0 Å². The molecule has 0 spiro atoms. The van der Waals surface area contributed by atoms with Crippen LogP contribution in [0.2, 0.25) is 0 Å². The Bertz CT molecular complexity index is 191. The molecule has 1 saturated carbocycles. The van der Waals surface area contributed by atoms with Crippen LogP contribution in [0.15, 0.2) is 0 Å². The summed E-state index contributed by atoms with van der Waals surface area (Å²) in [6.45, 7) is 1.77. The summed E-state index contributed by atoms with van der Waals surface area (Å²) in [6.07, 6.45) is 5.07. The summed E-state index contributed by atoms with van der Waals surface area (Å²) in [5, 5.41) is 0. The van der Waals surface area contributed by atoms with Gasteiger partial charge in [-0.1, -0.05) is 25.2 Å². The van der Waals surface area contributed by atoms with Gasteiger partial charge >= 0.3 is 0 Å². The molecule has 1 aliphatic carbocycles. The van der Waals surface area contributed by atoms with Gasteiger partial charge in [-0.2, -0.15) is 0 Å². The fraction of sp³-hybridized carbons (Fsp3) is 0.700. The lowest BCUT2D eigenvalue weighted by atomic mass is 9.81. The largest absolute Gasteiger partial charge is 0.299 e. The van der Waals surface area contributed by atoms with Gasteiger partial charge in [0, 0.05) is 6.42 Å². The minimum Gasteiger partial charge on any atom is -0.299 e. The predicted octanol–water partition coefficient (Wildman–Crippen LogP) is 2.16. The normalized spacial score (nSPS) is 16.5. The van der Waals surface area contributed by atoms with Gasteiger partial charge in [-0.15, -0.1) is 5.92 Å². The van der Waals surface area contributed by atoms with E-state index in [0.717, 1.165) is 6.42 Å². The first-order valence-corrected chi connectivity index (χ1v) is 4.24. The van der Waals surface area contributed by atoms with Crippen LogP contribution in [0.1, 0.15) is 39.0 Å². The van der Waals surface area contributed by atoms with Crippen molar-refractivity contribution < 1.29 is 4.79 Å². The van der Waals surface area contributed by atoms with Crippen LogP contribution in [-0.2, 0) is 4.79 Å². The topological polar surface area (TPSA) is 17.1 Å². The van der Waals surface area contributed by atoms with Crippen molar-refractivity contribution in [2.24, 2.45) is 5.92 Å². The highest BCUT2D eigenvalue weighted by Gasteiger charge is 2.19. The summed E-state index contributed by atoms with van der Waals surface area (Å²) in [5.74, 6) is 6.56. The van der Waals surface area contributed by atoms with Gasteiger partial charge in [0.1, 0.15) is 5.78 Å². The average Bonchev–Trinajstić information content (AvgIpc) is 1.93. The molecule has 0 unspecified atom stereocenters. The number of hydrogen-bond acceptors (Lipinski definition) is 1. The van der Waals surface area contributed by atoms with Gasteiger partial charge in [0.15, 0.2) is 0 Å². The Labute approximate surface area is 68.2 Å². The Morgan fingerprint density at radius 3 is 2.73 bits per heavy atom. The van der Waals surface area contributed by atoms with Crippen molar-refractivity contribution in [1.82, 2.24) is 0 Å². The van der Waals surface area contributed by atoms with E-state index in [1.807, 2.05) is 0 Å². The van der Waals surface area contributed by atoms with Crippen LogP contribution < -0.4 is 0 Å². The van der Waals surface area contributed by atoms with E-state index in [1.165, 1.54) is 19.3 Å². The molecule has 1 aliphatic rings. The molecular formula is C10H14O. The molecule has 0 saturated heterocycles. The minimum absolute atomic E-state index is 0.323. The zero-order valence-corrected chi connectivity index (χ0v) is 7.02. The van der Waals surface area contributed by atoms with Crippen LogP contribution in [0.3, 0.4) is 0 Å². The molecule has 0 bridgehead atoms. The smallest absolute Gasteiger partial charge is 0.145 e. The van der Waals surface area contributed by atoms with Gasteiger partial charge in [-0.25, -0.2) is 0 Å². The van der Waals surface area contributed by atoms with Crippen LogP contribution in [0, 0.1) is 17.8 Å². The Hall–Kier alpha value is -0.770. The van der Waals surface area contributed by atoms with Gasteiger partial charge in [0.25, 0.3) is 0 Å². The maximum atomic E-state index is 11.1. The first-order valence-electron chi connectivity index (χ1n) is 4.24. The summed E-state index contributed by atoms with van der Waals surface area (Å²) in [6, 6.07) is 0. The molecule has 1 nitrogen and oxygen atoms in total. The third-order valence-corrected chi connectivity index (χ3v) is 2.20. The van der Waals surface area contributed by atoms with Crippen molar-refractivity contribution in [3.8, 4) is 11.8 Å². The summed E-state index contributed by atoms with van der Waals surface area (Å²) in [7, 11) is 0. The monoisotopic (exact) mass is 150 g/mol. The fourth-order valence-corrected chi connectivity index (χ4v) is 1.28. The summed E-state index contributed by atoms with van der Waals surface area (Å²) < 4.78 is 0. The van der Waals surface area contributed by atoms with E-state index in [2.05, 4.69) is 11.8 Å². The molecule has 0 radical (unpaired) electrons. The second kappa shape index (κ2) is 4.18. The molecule has 1 rings (SSSR count). The first kappa shape index (κ1) is 8.33. The molecule has 11 heavy (non-hydrogen) atoms. The SMILES string of the molecule is CC#CCC(=O)CC1CCC1. The fourth-order valence-electron chi connectivity index (χ4n) is 1.28. The lowest BCUT2D eigenvalue weighted by Gasteiger charge is -2.23. The van der Waals surface area contributed by atoms with E-state index in [0.29, 0.717) is 18.1 Å². The maximum Gasteiger partial charge on any atom is 0.145 e. The number of ketones is 1. The van der Waals surface area contributed by atoms with Crippen LogP contribution >= 0.6 is 0 Å². The molecule has 0 aliphatic heterocycles. The first-order chi connectivity index (χ1) is 5.33. The standard InChI is InChI=1S/C10H14O/c1-2-3-7-10(11)8-9-5-4-6-9/h9H,4-8H2,1H3. The van der Waals surface area contributed by atoms with Crippen LogP contribution in [0.4, 0.5) is 0 Å². The molecule has 0 aromatic heterocycles. The molecule has 0 aromatic rings. The minimum atomic E-state index is 0.323. The van der Waals surface area contributed by atoms with E-state index in [4.69, 9.17) is 0 Å². The summed E-state index contributed by atoms with van der Waals surface area (Å²) in [5.41, 5.74) is 0. The molecule has 0 aromatic carbocycles. The molecular weight excluding hydrogens is 136 g/mol. The highest BCUT2D eigenvalue weighted by atomic mass is 16.1. The molecule has 1 heteroatoms. The van der Waals surface area contributed by atoms with Crippen molar-refractivity contribution in [1.29, 1.82) is 0 Å². The number of carbonyl (C=O) groups excluding carboxylic acids is 1. The molecule has 0 amide bonds. The number of carbonyl (C=O) groups is 1. The summed E-state index contributed by atoms with van der Waals surface area (Å²) in [4.78, 5) is 11.1. The van der Waals surface area contributed by atoms with E-state index in [1.54, 1.807) is 6.92 Å². The number of Topliss-reactive ketones (excluding diaryl/α,β-unsaturated/α-hetero) is 1. The van der Waals surface area contributed by atoms with Crippen LogP contribution in [0.25, 0.3) is 0 Å². The zero-order chi connectivity index (χ0) is 8.10. The zero-order valence-electron chi connectivity index (χ0n) is 7.02. The van der Waals surface area contributed by atoms with Gasteiger partial charge in [0.05, 0.1) is 6.42 Å². The van der Waals surface area contributed by atoms with E-state index in [9.17, 15) is 4.79 Å². The molecule has 1 fully saturated rings. The van der Waals surface area contributed by atoms with Crippen molar-refractivity contribution >= 4 is 5.78 Å². The number of rotatable bonds is 3. The van der Waals surface area contributed by atoms with Crippen LogP contribution in [0.5, 0.6) is 0 Å². The molecule has 0 atom stereocenters. The van der Waals surface area contributed by atoms with Crippen LogP contribution in [-0.4, -0.2) is 5.78 Å². The third kappa shape index (κ3) is 2.76. The Balaban J connectivity index is 2.12. The average molecular weight is 150 g/mol. The highest BCUT2D eigenvalue weighted by molar-refractivity contribution is 5.81. The van der Waals surface area contributed by atoms with Crippen molar-refractivity contribution in [2.45, 2.75) is 39.0 Å². The predicted molar refractivity (Wildman–Crippen MR) is 45.0 cm³/mol. The highest BCUT2D eigenvalue weighted by Crippen LogP contribution is 2.29. The van der Waals surface area contributed by atoms with E-state index in [-0.39, 0.29) is 0 Å². The van der Waals surface area contributed by atoms with Gasteiger partial charge in [-0.3, -0.25) is 4.79 Å². The molecule has 0 heterocycles. The second-order valence-electron chi connectivity index (χ2n) is 3.14. The van der Waals surface area contributed by atoms with Gasteiger partial charge in [-0.05, 0) is 12.8 Å². The second-order valence-corrected chi connectivity index (χ2v) is 3.14. The van der Waals surface area contributed by atoms with E-state index < -0.39 is 0 Å². The van der Waals surface area contributed by atoms with Gasteiger partial charge in [0.2, 0.25) is 0 Å². The molecule has 60 valence electrons. The lowest BCUT2D eigenvalue weighted by Crippen LogP contribution is -2.15. The third-order valence-electron chi connectivity index (χ3n) is 2.20. The summed E-state index contributed by atoms with van der Waals surface area (Å²) >= 11 is 0. The molecule has 0 N–H and O–H groups in total.